The molecule has 1 aromatic carbocycles. The predicted molar refractivity (Wildman–Crippen MR) is 64.9 cm³/mol. The first-order valence-corrected chi connectivity index (χ1v) is 4.72. The van der Waals surface area contributed by atoms with Gasteiger partial charge in [0.2, 0.25) is 0 Å². The van der Waals surface area contributed by atoms with Crippen LogP contribution in [0.4, 0.5) is 0 Å². The van der Waals surface area contributed by atoms with Gasteiger partial charge in [0.15, 0.2) is 0 Å². The third kappa shape index (κ3) is 2.74. The van der Waals surface area contributed by atoms with Crippen LogP contribution in [0.5, 0.6) is 5.75 Å². The Labute approximate surface area is 98.4 Å². The first-order valence-electron chi connectivity index (χ1n) is 3.93. The summed E-state index contributed by atoms with van der Waals surface area (Å²) < 4.78 is 0.912. The molecule has 0 aliphatic rings. The van der Waals surface area contributed by atoms with E-state index < -0.39 is 0 Å². The van der Waals surface area contributed by atoms with E-state index in [4.69, 9.17) is 5.73 Å². The largest absolute Gasteiger partial charge is 0.507 e. The first kappa shape index (κ1) is 13.5. The summed E-state index contributed by atoms with van der Waals surface area (Å²) in [5.41, 5.74) is 7.24. The van der Waals surface area contributed by atoms with E-state index >= 15 is 0 Å². The van der Waals surface area contributed by atoms with Crippen LogP contribution in [0, 0.1) is 6.92 Å². The minimum atomic E-state index is -0.323. The summed E-state index contributed by atoms with van der Waals surface area (Å²) >= 11 is 3.34. The maximum atomic E-state index is 9.67. The Kier molecular flexibility index (Phi) is 5.19. The highest BCUT2D eigenvalue weighted by atomic mass is 79.9. The molecule has 1 atom stereocenters. The van der Waals surface area contributed by atoms with Crippen LogP contribution in [0.15, 0.2) is 29.3 Å². The average Bonchev–Trinajstić information content (AvgIpc) is 2.10. The fourth-order valence-electron chi connectivity index (χ4n) is 1.14. The zero-order chi connectivity index (χ0) is 10.0. The van der Waals surface area contributed by atoms with Crippen molar-refractivity contribution in [3.05, 3.63) is 40.4 Å². The van der Waals surface area contributed by atoms with Gasteiger partial charge in [0.1, 0.15) is 5.75 Å². The van der Waals surface area contributed by atoms with Crippen molar-refractivity contribution in [2.45, 2.75) is 13.0 Å². The Bertz CT molecular complexity index is 341. The minimum Gasteiger partial charge on any atom is -0.507 e. The molecule has 3 N–H and O–H groups in total. The van der Waals surface area contributed by atoms with Gasteiger partial charge in [0, 0.05) is 10.0 Å². The van der Waals surface area contributed by atoms with Gasteiger partial charge in [-0.2, -0.15) is 0 Å². The number of benzene rings is 1. The zero-order valence-electron chi connectivity index (χ0n) is 7.83. The van der Waals surface area contributed by atoms with Gasteiger partial charge in [-0.15, -0.1) is 19.0 Å². The number of aromatic hydroxyl groups is 1. The van der Waals surface area contributed by atoms with Crippen molar-refractivity contribution in [2.75, 3.05) is 0 Å². The van der Waals surface area contributed by atoms with Crippen molar-refractivity contribution in [1.29, 1.82) is 0 Å². The van der Waals surface area contributed by atoms with Crippen LogP contribution >= 0.6 is 28.3 Å². The summed E-state index contributed by atoms with van der Waals surface area (Å²) in [7, 11) is 0. The maximum Gasteiger partial charge on any atom is 0.123 e. The number of rotatable bonds is 2. The fraction of sp³-hybridized carbons (Fsp3) is 0.200. The molecule has 1 rings (SSSR count). The number of phenolic OH excluding ortho intramolecular Hbond substituents is 1. The summed E-state index contributed by atoms with van der Waals surface area (Å²) in [5, 5.41) is 9.67. The van der Waals surface area contributed by atoms with E-state index in [1.54, 1.807) is 12.1 Å². The van der Waals surface area contributed by atoms with Crippen LogP contribution in [-0.2, 0) is 0 Å². The molecule has 0 heterocycles. The fourth-order valence-corrected chi connectivity index (χ4v) is 1.73. The molecule has 0 saturated heterocycles. The SMILES string of the molecule is C=C[C@H](N)c1cc(Br)cc(C)c1O.Cl. The normalized spacial score (nSPS) is 11.6. The zero-order valence-corrected chi connectivity index (χ0v) is 10.2. The van der Waals surface area contributed by atoms with Crippen molar-refractivity contribution >= 4 is 28.3 Å². The lowest BCUT2D eigenvalue weighted by atomic mass is 10.0. The number of hydrogen-bond donors (Lipinski definition) is 2. The van der Waals surface area contributed by atoms with Crippen LogP contribution in [-0.4, -0.2) is 5.11 Å². The molecule has 0 aliphatic heterocycles. The molecule has 0 unspecified atom stereocenters. The van der Waals surface area contributed by atoms with Gasteiger partial charge in [-0.1, -0.05) is 22.0 Å². The second-order valence-corrected chi connectivity index (χ2v) is 3.84. The van der Waals surface area contributed by atoms with Gasteiger partial charge in [0.05, 0.1) is 6.04 Å². The van der Waals surface area contributed by atoms with Gasteiger partial charge in [0.25, 0.3) is 0 Å². The smallest absolute Gasteiger partial charge is 0.123 e. The first-order chi connectivity index (χ1) is 6.06. The number of aryl methyl sites for hydroxylation is 1. The number of phenols is 1. The highest BCUT2D eigenvalue weighted by molar-refractivity contribution is 9.10. The van der Waals surface area contributed by atoms with E-state index in [0.717, 1.165) is 10.0 Å². The molecule has 0 amide bonds. The molecular weight excluding hydrogens is 265 g/mol. The molecule has 78 valence electrons. The van der Waals surface area contributed by atoms with Gasteiger partial charge in [-0.05, 0) is 24.6 Å². The Morgan fingerprint density at radius 3 is 2.64 bits per heavy atom. The molecule has 0 spiro atoms. The van der Waals surface area contributed by atoms with Crippen LogP contribution < -0.4 is 5.73 Å². The molecule has 2 nitrogen and oxygen atoms in total. The second-order valence-electron chi connectivity index (χ2n) is 2.92. The molecule has 0 aliphatic carbocycles. The summed E-state index contributed by atoms with van der Waals surface area (Å²) in [6.07, 6.45) is 1.60. The topological polar surface area (TPSA) is 46.2 Å². The van der Waals surface area contributed by atoms with Gasteiger partial charge < -0.3 is 10.8 Å². The molecule has 4 heteroatoms. The highest BCUT2D eigenvalue weighted by Gasteiger charge is 2.10. The minimum absolute atomic E-state index is 0. The van der Waals surface area contributed by atoms with E-state index in [0.29, 0.717) is 5.56 Å². The molecule has 1 aromatic rings. The van der Waals surface area contributed by atoms with E-state index in [-0.39, 0.29) is 24.2 Å². The predicted octanol–water partition coefficient (Wildman–Crippen LogP) is 3.07. The number of nitrogens with two attached hydrogens (primary N) is 1. The Morgan fingerprint density at radius 2 is 2.14 bits per heavy atom. The van der Waals surface area contributed by atoms with E-state index in [1.807, 2.05) is 13.0 Å². The summed E-state index contributed by atoms with van der Waals surface area (Å²) in [6.45, 7) is 5.42. The maximum absolute atomic E-state index is 9.67. The Morgan fingerprint density at radius 1 is 1.57 bits per heavy atom. The van der Waals surface area contributed by atoms with Crippen LogP contribution in [0.1, 0.15) is 17.2 Å². The van der Waals surface area contributed by atoms with Crippen LogP contribution in [0.3, 0.4) is 0 Å². The van der Waals surface area contributed by atoms with Crippen molar-refractivity contribution in [3.63, 3.8) is 0 Å². The molecule has 0 aromatic heterocycles. The van der Waals surface area contributed by atoms with Crippen molar-refractivity contribution < 1.29 is 5.11 Å². The quantitative estimate of drug-likeness (QED) is 0.817. The van der Waals surface area contributed by atoms with Crippen molar-refractivity contribution in [3.8, 4) is 5.75 Å². The van der Waals surface area contributed by atoms with E-state index in [9.17, 15) is 5.11 Å². The summed E-state index contributed by atoms with van der Waals surface area (Å²) in [4.78, 5) is 0. The monoisotopic (exact) mass is 277 g/mol. The molecule has 14 heavy (non-hydrogen) atoms. The molecular formula is C10H13BrClNO. The third-order valence-corrected chi connectivity index (χ3v) is 2.37. The lowest BCUT2D eigenvalue weighted by Crippen LogP contribution is -2.07. The summed E-state index contributed by atoms with van der Waals surface area (Å²) in [5.74, 6) is 0.246. The molecule has 0 fully saturated rings. The van der Waals surface area contributed by atoms with Crippen molar-refractivity contribution in [2.24, 2.45) is 5.73 Å². The van der Waals surface area contributed by atoms with Gasteiger partial charge in [-0.3, -0.25) is 0 Å². The summed E-state index contributed by atoms with van der Waals surface area (Å²) in [6, 6.07) is 3.32. The lowest BCUT2D eigenvalue weighted by Gasteiger charge is -2.11. The third-order valence-electron chi connectivity index (χ3n) is 1.91. The molecule has 0 saturated carbocycles. The Hall–Kier alpha value is -0.510. The van der Waals surface area contributed by atoms with Crippen LogP contribution in [0.25, 0.3) is 0 Å². The van der Waals surface area contributed by atoms with Crippen LogP contribution in [0.2, 0.25) is 0 Å². The van der Waals surface area contributed by atoms with E-state index in [1.165, 1.54) is 0 Å². The lowest BCUT2D eigenvalue weighted by molar-refractivity contribution is 0.461. The molecule has 0 bridgehead atoms. The Balaban J connectivity index is 0.00000169. The van der Waals surface area contributed by atoms with E-state index in [2.05, 4.69) is 22.5 Å². The average molecular weight is 279 g/mol. The number of halogens is 2. The van der Waals surface area contributed by atoms with Gasteiger partial charge in [-0.25, -0.2) is 0 Å². The number of hydrogen-bond acceptors (Lipinski definition) is 2. The highest BCUT2D eigenvalue weighted by Crippen LogP contribution is 2.30. The van der Waals surface area contributed by atoms with Crippen molar-refractivity contribution in [1.82, 2.24) is 0 Å². The van der Waals surface area contributed by atoms with Gasteiger partial charge >= 0.3 is 0 Å². The second kappa shape index (κ2) is 5.39. The standard InChI is InChI=1S/C10H12BrNO.ClH/c1-3-9(12)8-5-7(11)4-6(2)10(8)13;/h3-5,9,13H,1,12H2,2H3;1H/t9-;/m0./s1. The molecule has 0 radical (unpaired) electrons.